The molecule has 4 N–H and O–H groups in total. The molecular formula is C16H12ClN5O2S. The van der Waals surface area contributed by atoms with Crippen LogP contribution in [0.25, 0.3) is 10.8 Å². The SMILES string of the molecule is O=C(NNC(=S)Nc1ccc(Cl)cc1)c1n[nH]c(=O)c2ccccc12. The lowest BCUT2D eigenvalue weighted by Gasteiger charge is -2.12. The number of amides is 1. The zero-order valence-electron chi connectivity index (χ0n) is 12.7. The summed E-state index contributed by atoms with van der Waals surface area (Å²) >= 11 is 10.9. The molecule has 0 fully saturated rings. The summed E-state index contributed by atoms with van der Waals surface area (Å²) in [6, 6.07) is 13.6. The molecule has 3 rings (SSSR count). The van der Waals surface area contributed by atoms with Gasteiger partial charge in [0.1, 0.15) is 0 Å². The predicted octanol–water partition coefficient (Wildman–Crippen LogP) is 2.21. The van der Waals surface area contributed by atoms with Crippen LogP contribution in [-0.4, -0.2) is 21.2 Å². The molecule has 3 aromatic rings. The lowest BCUT2D eigenvalue weighted by Crippen LogP contribution is -2.44. The maximum absolute atomic E-state index is 12.3. The summed E-state index contributed by atoms with van der Waals surface area (Å²) in [5.41, 5.74) is 5.45. The molecule has 0 atom stereocenters. The third-order valence-electron chi connectivity index (χ3n) is 3.30. The zero-order valence-corrected chi connectivity index (χ0v) is 14.2. The number of thiocarbonyl (C=S) groups is 1. The fraction of sp³-hybridized carbons (Fsp3) is 0. The van der Waals surface area contributed by atoms with E-state index in [1.165, 1.54) is 0 Å². The first-order chi connectivity index (χ1) is 12.0. The molecule has 0 saturated carbocycles. The summed E-state index contributed by atoms with van der Waals surface area (Å²) in [5.74, 6) is -0.535. The van der Waals surface area contributed by atoms with Crippen molar-refractivity contribution in [1.82, 2.24) is 21.0 Å². The van der Waals surface area contributed by atoms with Crippen LogP contribution in [0.1, 0.15) is 10.5 Å². The molecule has 1 heterocycles. The quantitative estimate of drug-likeness (QED) is 0.406. The van der Waals surface area contributed by atoms with Gasteiger partial charge in [-0.05, 0) is 42.5 Å². The van der Waals surface area contributed by atoms with E-state index in [2.05, 4.69) is 26.4 Å². The number of halogens is 1. The molecule has 25 heavy (non-hydrogen) atoms. The lowest BCUT2D eigenvalue weighted by atomic mass is 10.1. The van der Waals surface area contributed by atoms with Crippen LogP contribution in [-0.2, 0) is 0 Å². The van der Waals surface area contributed by atoms with Crippen molar-refractivity contribution in [3.63, 3.8) is 0 Å². The number of hydrogen-bond acceptors (Lipinski definition) is 4. The van der Waals surface area contributed by atoms with E-state index < -0.39 is 5.91 Å². The van der Waals surface area contributed by atoms with Crippen molar-refractivity contribution in [2.75, 3.05) is 5.32 Å². The maximum Gasteiger partial charge on any atom is 0.290 e. The Kier molecular flexibility index (Phi) is 4.92. The first-order valence-corrected chi connectivity index (χ1v) is 7.93. The van der Waals surface area contributed by atoms with Crippen LogP contribution >= 0.6 is 23.8 Å². The van der Waals surface area contributed by atoms with Crippen molar-refractivity contribution < 1.29 is 4.79 Å². The Morgan fingerprint density at radius 3 is 2.44 bits per heavy atom. The van der Waals surface area contributed by atoms with E-state index >= 15 is 0 Å². The van der Waals surface area contributed by atoms with E-state index in [0.29, 0.717) is 21.5 Å². The number of hydrogen-bond donors (Lipinski definition) is 4. The van der Waals surface area contributed by atoms with Crippen molar-refractivity contribution in [3.8, 4) is 0 Å². The first-order valence-electron chi connectivity index (χ1n) is 7.15. The van der Waals surface area contributed by atoms with Gasteiger partial charge in [0, 0.05) is 16.1 Å². The van der Waals surface area contributed by atoms with E-state index in [1.807, 2.05) is 0 Å². The summed E-state index contributed by atoms with van der Waals surface area (Å²) < 4.78 is 0. The molecule has 0 bridgehead atoms. The van der Waals surface area contributed by atoms with Crippen LogP contribution in [0.4, 0.5) is 5.69 Å². The van der Waals surface area contributed by atoms with Crippen LogP contribution < -0.4 is 21.7 Å². The zero-order chi connectivity index (χ0) is 17.8. The molecule has 126 valence electrons. The van der Waals surface area contributed by atoms with Gasteiger partial charge in [0.15, 0.2) is 10.8 Å². The number of carbonyl (C=O) groups excluding carboxylic acids is 1. The second-order valence-corrected chi connectivity index (χ2v) is 5.83. The molecule has 0 aliphatic heterocycles. The Morgan fingerprint density at radius 2 is 1.72 bits per heavy atom. The Hall–Kier alpha value is -2.97. The molecule has 0 saturated heterocycles. The number of hydrazine groups is 1. The number of carbonyl (C=O) groups is 1. The van der Waals surface area contributed by atoms with Crippen molar-refractivity contribution >= 4 is 51.3 Å². The van der Waals surface area contributed by atoms with Gasteiger partial charge in [-0.25, -0.2) is 5.10 Å². The number of nitrogens with zero attached hydrogens (tertiary/aromatic N) is 1. The van der Waals surface area contributed by atoms with Crippen molar-refractivity contribution in [3.05, 3.63) is 69.6 Å². The third kappa shape index (κ3) is 3.93. The Morgan fingerprint density at radius 1 is 1.04 bits per heavy atom. The minimum atomic E-state index is -0.535. The average Bonchev–Trinajstić information content (AvgIpc) is 2.62. The predicted molar refractivity (Wildman–Crippen MR) is 101 cm³/mol. The number of rotatable bonds is 2. The first kappa shape index (κ1) is 16.9. The molecule has 0 unspecified atom stereocenters. The van der Waals surface area contributed by atoms with Gasteiger partial charge in [0.2, 0.25) is 0 Å². The van der Waals surface area contributed by atoms with Crippen molar-refractivity contribution in [1.29, 1.82) is 0 Å². The monoisotopic (exact) mass is 373 g/mol. The molecule has 0 aliphatic rings. The van der Waals surface area contributed by atoms with Gasteiger partial charge in [-0.1, -0.05) is 29.8 Å². The molecule has 1 aromatic heterocycles. The van der Waals surface area contributed by atoms with Gasteiger partial charge in [-0.3, -0.25) is 20.4 Å². The van der Waals surface area contributed by atoms with Gasteiger partial charge >= 0.3 is 0 Å². The summed E-state index contributed by atoms with van der Waals surface area (Å²) in [6.07, 6.45) is 0. The highest BCUT2D eigenvalue weighted by Gasteiger charge is 2.13. The minimum Gasteiger partial charge on any atom is -0.331 e. The van der Waals surface area contributed by atoms with E-state index in [1.54, 1.807) is 48.5 Å². The average molecular weight is 374 g/mol. The second-order valence-electron chi connectivity index (χ2n) is 4.99. The van der Waals surface area contributed by atoms with Crippen LogP contribution in [0.15, 0.2) is 53.3 Å². The normalized spacial score (nSPS) is 10.3. The van der Waals surface area contributed by atoms with Gasteiger partial charge in [0.25, 0.3) is 11.5 Å². The molecule has 9 heteroatoms. The molecule has 2 aromatic carbocycles. The standard InChI is InChI=1S/C16H12ClN5O2S/c17-9-5-7-10(8-6-9)18-16(25)22-21-15(24)13-11-3-1-2-4-12(11)14(23)20-19-13/h1-8H,(H,20,23)(H,21,24)(H2,18,22,25). The molecule has 0 spiro atoms. The lowest BCUT2D eigenvalue weighted by molar-refractivity contribution is 0.0940. The van der Waals surface area contributed by atoms with Gasteiger partial charge in [-0.2, -0.15) is 5.10 Å². The molecule has 0 aliphatic carbocycles. The van der Waals surface area contributed by atoms with Crippen molar-refractivity contribution in [2.24, 2.45) is 0 Å². The number of H-pyrrole nitrogens is 1. The minimum absolute atomic E-state index is 0.0805. The van der Waals surface area contributed by atoms with Crippen molar-refractivity contribution in [2.45, 2.75) is 0 Å². The van der Waals surface area contributed by atoms with E-state index in [0.717, 1.165) is 0 Å². The third-order valence-corrected chi connectivity index (χ3v) is 3.76. The maximum atomic E-state index is 12.3. The van der Waals surface area contributed by atoms with E-state index in [9.17, 15) is 9.59 Å². The number of nitrogens with one attached hydrogen (secondary N) is 4. The summed E-state index contributed by atoms with van der Waals surface area (Å²) in [4.78, 5) is 24.0. The topological polar surface area (TPSA) is 98.9 Å². The highest BCUT2D eigenvalue weighted by atomic mass is 35.5. The summed E-state index contributed by atoms with van der Waals surface area (Å²) in [5, 5.41) is 10.6. The Balaban J connectivity index is 1.69. The van der Waals surface area contributed by atoms with Crippen LogP contribution in [0.3, 0.4) is 0 Å². The highest BCUT2D eigenvalue weighted by molar-refractivity contribution is 7.80. The molecule has 7 nitrogen and oxygen atoms in total. The highest BCUT2D eigenvalue weighted by Crippen LogP contribution is 2.13. The number of benzene rings is 2. The van der Waals surface area contributed by atoms with E-state index in [4.69, 9.17) is 23.8 Å². The van der Waals surface area contributed by atoms with Crippen LogP contribution in [0.2, 0.25) is 5.02 Å². The van der Waals surface area contributed by atoms with Gasteiger partial charge in [-0.15, -0.1) is 0 Å². The molecular weight excluding hydrogens is 362 g/mol. The Labute approximate surface area is 152 Å². The Bertz CT molecular complexity index is 1000. The largest absolute Gasteiger partial charge is 0.331 e. The number of anilines is 1. The number of aromatic nitrogens is 2. The second kappa shape index (κ2) is 7.29. The summed E-state index contributed by atoms with van der Waals surface area (Å²) in [7, 11) is 0. The number of fused-ring (bicyclic) bond motifs is 1. The molecule has 0 radical (unpaired) electrons. The fourth-order valence-electron chi connectivity index (χ4n) is 2.16. The van der Waals surface area contributed by atoms with Crippen LogP contribution in [0, 0.1) is 0 Å². The van der Waals surface area contributed by atoms with E-state index in [-0.39, 0.29) is 16.4 Å². The van der Waals surface area contributed by atoms with Gasteiger partial charge < -0.3 is 5.32 Å². The smallest absolute Gasteiger partial charge is 0.290 e. The molecule has 1 amide bonds. The van der Waals surface area contributed by atoms with Gasteiger partial charge in [0.05, 0.1) is 5.39 Å². The fourth-order valence-corrected chi connectivity index (χ4v) is 2.45. The van der Waals surface area contributed by atoms with Crippen LogP contribution in [0.5, 0.6) is 0 Å². The summed E-state index contributed by atoms with van der Waals surface area (Å²) in [6.45, 7) is 0. The number of aromatic amines is 1.